The van der Waals surface area contributed by atoms with Crippen molar-refractivity contribution in [3.05, 3.63) is 60.4 Å². The lowest BCUT2D eigenvalue weighted by molar-refractivity contribution is -0.126. The summed E-state index contributed by atoms with van der Waals surface area (Å²) in [6, 6.07) is 12.1. The Balaban J connectivity index is 1.49. The normalized spacial score (nSPS) is 15.3. The van der Waals surface area contributed by atoms with E-state index in [9.17, 15) is 4.79 Å². The van der Waals surface area contributed by atoms with Crippen LogP contribution in [0.3, 0.4) is 0 Å². The minimum Gasteiger partial charge on any atom is -0.497 e. The first-order chi connectivity index (χ1) is 12.2. The summed E-state index contributed by atoms with van der Waals surface area (Å²) in [6.45, 7) is 1.52. The number of likely N-dealkylation sites (tertiary alicyclic amines) is 1. The molecule has 0 unspecified atom stereocenters. The molecule has 0 radical (unpaired) electrons. The Morgan fingerprint density at radius 2 is 2.12 bits per heavy atom. The summed E-state index contributed by atoms with van der Waals surface area (Å²) in [6.07, 6.45) is 8.78. The maximum Gasteiger partial charge on any atom is 0.246 e. The maximum absolute atomic E-state index is 12.3. The average Bonchev–Trinajstić information content (AvgIpc) is 2.67. The van der Waals surface area contributed by atoms with E-state index in [1.165, 1.54) is 0 Å². The Morgan fingerprint density at radius 1 is 1.28 bits per heavy atom. The number of piperidine rings is 1. The van der Waals surface area contributed by atoms with Crippen LogP contribution in [0.1, 0.15) is 18.4 Å². The second-order valence-electron chi connectivity index (χ2n) is 6.10. The van der Waals surface area contributed by atoms with Gasteiger partial charge in [-0.1, -0.05) is 12.1 Å². The fourth-order valence-electron chi connectivity index (χ4n) is 2.94. The van der Waals surface area contributed by atoms with Crippen LogP contribution in [0.25, 0.3) is 6.08 Å². The Labute approximate surface area is 148 Å². The van der Waals surface area contributed by atoms with Crippen molar-refractivity contribution in [1.29, 1.82) is 0 Å². The third-order valence-electron chi connectivity index (χ3n) is 4.35. The van der Waals surface area contributed by atoms with Crippen molar-refractivity contribution in [2.75, 3.05) is 25.5 Å². The number of hydrogen-bond donors (Lipinski definition) is 1. The van der Waals surface area contributed by atoms with Crippen LogP contribution >= 0.6 is 0 Å². The van der Waals surface area contributed by atoms with Crippen molar-refractivity contribution >= 4 is 17.7 Å². The van der Waals surface area contributed by atoms with Crippen LogP contribution < -0.4 is 10.1 Å². The highest BCUT2D eigenvalue weighted by Crippen LogP contribution is 2.21. The van der Waals surface area contributed by atoms with Gasteiger partial charge < -0.3 is 15.0 Å². The monoisotopic (exact) mass is 337 g/mol. The van der Waals surface area contributed by atoms with E-state index in [0.29, 0.717) is 6.04 Å². The molecule has 0 aliphatic carbocycles. The van der Waals surface area contributed by atoms with Gasteiger partial charge in [-0.3, -0.25) is 9.78 Å². The van der Waals surface area contributed by atoms with Crippen LogP contribution in [0.5, 0.6) is 5.75 Å². The Morgan fingerprint density at radius 3 is 2.84 bits per heavy atom. The van der Waals surface area contributed by atoms with Crippen molar-refractivity contribution in [2.24, 2.45) is 0 Å². The molecule has 1 aliphatic rings. The number of nitrogens with one attached hydrogen (secondary N) is 1. The zero-order chi connectivity index (χ0) is 17.5. The zero-order valence-electron chi connectivity index (χ0n) is 14.4. The molecule has 1 fully saturated rings. The summed E-state index contributed by atoms with van der Waals surface area (Å²) in [5.41, 5.74) is 1.99. The topological polar surface area (TPSA) is 54.5 Å². The maximum atomic E-state index is 12.3. The van der Waals surface area contributed by atoms with E-state index >= 15 is 0 Å². The second kappa shape index (κ2) is 8.33. The number of amides is 1. The van der Waals surface area contributed by atoms with Gasteiger partial charge in [-0.2, -0.15) is 0 Å². The van der Waals surface area contributed by atoms with E-state index in [-0.39, 0.29) is 5.91 Å². The van der Waals surface area contributed by atoms with Crippen molar-refractivity contribution in [3.8, 4) is 5.75 Å². The Kier molecular flexibility index (Phi) is 5.67. The van der Waals surface area contributed by atoms with Crippen molar-refractivity contribution in [3.63, 3.8) is 0 Å². The average molecular weight is 337 g/mol. The van der Waals surface area contributed by atoms with Gasteiger partial charge in [0, 0.05) is 49.4 Å². The van der Waals surface area contributed by atoms with Gasteiger partial charge in [-0.25, -0.2) is 0 Å². The molecule has 130 valence electrons. The molecule has 2 aromatic rings. The second-order valence-corrected chi connectivity index (χ2v) is 6.10. The van der Waals surface area contributed by atoms with E-state index in [1.807, 2.05) is 47.4 Å². The lowest BCUT2D eigenvalue weighted by Crippen LogP contribution is -2.41. The fourth-order valence-corrected chi connectivity index (χ4v) is 2.94. The quantitative estimate of drug-likeness (QED) is 0.851. The van der Waals surface area contributed by atoms with Gasteiger partial charge in [-0.05, 0) is 42.7 Å². The molecular weight excluding hydrogens is 314 g/mol. The van der Waals surface area contributed by atoms with E-state index in [0.717, 1.165) is 42.9 Å². The third-order valence-corrected chi connectivity index (χ3v) is 4.35. The van der Waals surface area contributed by atoms with Gasteiger partial charge >= 0.3 is 0 Å². The van der Waals surface area contributed by atoms with E-state index < -0.39 is 0 Å². The molecular formula is C20H23N3O2. The minimum absolute atomic E-state index is 0.0590. The highest BCUT2D eigenvalue weighted by Gasteiger charge is 2.21. The SMILES string of the molecule is COc1cccc(NC2CCN(C(=O)/C=C/c3cccnc3)CC2)c1. The molecule has 1 aromatic heterocycles. The number of nitrogens with zero attached hydrogens (tertiary/aromatic N) is 2. The standard InChI is InChI=1S/C20H23N3O2/c1-25-19-6-2-5-18(14-19)22-17-9-12-23(13-10-17)20(24)8-7-16-4-3-11-21-15-16/h2-8,11,14-15,17,22H,9-10,12-13H2,1H3/b8-7+. The van der Waals surface area contributed by atoms with Crippen LogP contribution in [-0.2, 0) is 4.79 Å². The molecule has 1 N–H and O–H groups in total. The summed E-state index contributed by atoms with van der Waals surface area (Å²) >= 11 is 0. The van der Waals surface area contributed by atoms with Gasteiger partial charge in [0.05, 0.1) is 7.11 Å². The molecule has 0 saturated carbocycles. The number of carbonyl (C=O) groups is 1. The number of pyridine rings is 1. The van der Waals surface area contributed by atoms with Crippen LogP contribution in [0.2, 0.25) is 0 Å². The molecule has 1 aliphatic heterocycles. The number of methoxy groups -OCH3 is 1. The number of rotatable bonds is 5. The number of ether oxygens (including phenoxy) is 1. The predicted octanol–water partition coefficient (Wildman–Crippen LogP) is 3.21. The number of aromatic nitrogens is 1. The molecule has 0 spiro atoms. The van der Waals surface area contributed by atoms with Crippen LogP contribution in [0.15, 0.2) is 54.9 Å². The molecule has 1 aromatic carbocycles. The molecule has 2 heterocycles. The van der Waals surface area contributed by atoms with E-state index in [1.54, 1.807) is 25.6 Å². The number of hydrogen-bond acceptors (Lipinski definition) is 4. The zero-order valence-corrected chi connectivity index (χ0v) is 14.4. The number of anilines is 1. The Hall–Kier alpha value is -2.82. The molecule has 25 heavy (non-hydrogen) atoms. The Bertz CT molecular complexity index is 723. The molecule has 3 rings (SSSR count). The van der Waals surface area contributed by atoms with Crippen molar-refractivity contribution in [2.45, 2.75) is 18.9 Å². The van der Waals surface area contributed by atoms with Gasteiger partial charge in [-0.15, -0.1) is 0 Å². The first-order valence-corrected chi connectivity index (χ1v) is 8.52. The van der Waals surface area contributed by atoms with Crippen molar-refractivity contribution in [1.82, 2.24) is 9.88 Å². The van der Waals surface area contributed by atoms with Crippen molar-refractivity contribution < 1.29 is 9.53 Å². The van der Waals surface area contributed by atoms with Crippen LogP contribution in [0.4, 0.5) is 5.69 Å². The number of benzene rings is 1. The minimum atomic E-state index is 0.0590. The molecule has 1 saturated heterocycles. The lowest BCUT2D eigenvalue weighted by Gasteiger charge is -2.32. The first-order valence-electron chi connectivity index (χ1n) is 8.52. The smallest absolute Gasteiger partial charge is 0.246 e. The van der Waals surface area contributed by atoms with Gasteiger partial charge in [0.15, 0.2) is 0 Å². The molecule has 5 nitrogen and oxygen atoms in total. The molecule has 0 atom stereocenters. The van der Waals surface area contributed by atoms with Crippen LogP contribution in [0, 0.1) is 0 Å². The third kappa shape index (κ3) is 4.83. The largest absolute Gasteiger partial charge is 0.497 e. The summed E-state index contributed by atoms with van der Waals surface area (Å²) < 4.78 is 5.25. The van der Waals surface area contributed by atoms with Gasteiger partial charge in [0.1, 0.15) is 5.75 Å². The summed E-state index contributed by atoms with van der Waals surface area (Å²) in [5, 5.41) is 3.53. The highest BCUT2D eigenvalue weighted by atomic mass is 16.5. The van der Waals surface area contributed by atoms with E-state index in [2.05, 4.69) is 10.3 Å². The van der Waals surface area contributed by atoms with Gasteiger partial charge in [0.2, 0.25) is 5.91 Å². The molecule has 5 heteroatoms. The lowest BCUT2D eigenvalue weighted by atomic mass is 10.0. The summed E-state index contributed by atoms with van der Waals surface area (Å²) in [4.78, 5) is 18.2. The number of carbonyl (C=O) groups excluding carboxylic acids is 1. The summed E-state index contributed by atoms with van der Waals surface area (Å²) in [7, 11) is 1.67. The first kappa shape index (κ1) is 17.0. The van der Waals surface area contributed by atoms with Gasteiger partial charge in [0.25, 0.3) is 0 Å². The fraction of sp³-hybridized carbons (Fsp3) is 0.300. The predicted molar refractivity (Wildman–Crippen MR) is 99.5 cm³/mol. The van der Waals surface area contributed by atoms with E-state index in [4.69, 9.17) is 4.74 Å². The molecule has 1 amide bonds. The highest BCUT2D eigenvalue weighted by molar-refractivity contribution is 5.91. The van der Waals surface area contributed by atoms with Crippen LogP contribution in [-0.4, -0.2) is 42.0 Å². The molecule has 0 bridgehead atoms. The summed E-state index contributed by atoms with van der Waals surface area (Å²) in [5.74, 6) is 0.904.